The molecule has 134 valence electrons. The highest BCUT2D eigenvalue weighted by molar-refractivity contribution is 5.88. The van der Waals surface area contributed by atoms with Crippen molar-refractivity contribution in [2.45, 2.75) is 33.2 Å². The van der Waals surface area contributed by atoms with E-state index in [0.717, 1.165) is 12.5 Å². The summed E-state index contributed by atoms with van der Waals surface area (Å²) in [6.07, 6.45) is 8.57. The fourth-order valence-corrected chi connectivity index (χ4v) is 2.21. The lowest BCUT2D eigenvalue weighted by Crippen LogP contribution is -2.24. The van der Waals surface area contributed by atoms with Crippen molar-refractivity contribution in [2.24, 2.45) is 0 Å². The summed E-state index contributed by atoms with van der Waals surface area (Å²) in [7, 11) is 0. The molecule has 0 saturated carbocycles. The van der Waals surface area contributed by atoms with Gasteiger partial charge in [0.15, 0.2) is 0 Å². The first-order valence-electron chi connectivity index (χ1n) is 7.91. The molecule has 0 aliphatic carbocycles. The van der Waals surface area contributed by atoms with Gasteiger partial charge in [-0.15, -0.1) is 0 Å². The van der Waals surface area contributed by atoms with Crippen LogP contribution in [0.25, 0.3) is 10.9 Å². The highest BCUT2D eigenvalue weighted by Crippen LogP contribution is 2.23. The topological polar surface area (TPSA) is 108 Å². The number of hydrogen-bond acceptors (Lipinski definition) is 4. The van der Waals surface area contributed by atoms with Crippen molar-refractivity contribution in [3.63, 3.8) is 0 Å². The lowest BCUT2D eigenvalue weighted by atomic mass is 10.0. The number of rotatable bonds is 7. The molecule has 0 aliphatic heterocycles. The first-order chi connectivity index (χ1) is 12.4. The van der Waals surface area contributed by atoms with Crippen LogP contribution in [-0.2, 0) is 11.3 Å². The molecule has 0 spiro atoms. The van der Waals surface area contributed by atoms with E-state index in [0.29, 0.717) is 24.1 Å². The van der Waals surface area contributed by atoms with E-state index >= 15 is 0 Å². The molecule has 0 aliphatic rings. The Morgan fingerprint density at radius 2 is 2.08 bits per heavy atom. The Labute approximate surface area is 151 Å². The minimum atomic E-state index is -1.32. The number of unbranched alkanes of at least 4 members (excludes halogenated alkanes) is 1. The molecule has 1 aromatic heterocycles. The van der Waals surface area contributed by atoms with E-state index in [9.17, 15) is 20.0 Å². The summed E-state index contributed by atoms with van der Waals surface area (Å²) < 4.78 is 1.18. The van der Waals surface area contributed by atoms with Gasteiger partial charge in [0, 0.05) is 12.1 Å². The number of nitrogens with zero attached hydrogens (tertiary/aromatic N) is 3. The highest BCUT2D eigenvalue weighted by atomic mass is 16.4. The van der Waals surface area contributed by atoms with Gasteiger partial charge in [-0.2, -0.15) is 5.26 Å². The van der Waals surface area contributed by atoms with E-state index in [4.69, 9.17) is 11.7 Å². The monoisotopic (exact) mass is 353 g/mol. The first-order valence-corrected chi connectivity index (χ1v) is 7.91. The quantitative estimate of drug-likeness (QED) is 0.445. The summed E-state index contributed by atoms with van der Waals surface area (Å²) >= 11 is 0. The Hall–Kier alpha value is -3.58. The maximum Gasteiger partial charge on any atom is 0.333 e. The van der Waals surface area contributed by atoms with Gasteiger partial charge < -0.3 is 10.2 Å². The standard InChI is InChI=1S/C19H19N3O4/c1-4-5-11-22-17(23)14(13(2)15(12-20)18(22)24)9-7-6-8-10-16(21-3)19(25)26/h6-10,23H,4-5,11H2,1-2H3,(H,25,26)/b8-6+,9-7+,16-10-. The van der Waals surface area contributed by atoms with Gasteiger partial charge in [-0.05, 0) is 31.1 Å². The first kappa shape index (κ1) is 20.5. The second-order valence-electron chi connectivity index (χ2n) is 5.37. The third kappa shape index (κ3) is 4.71. The fourth-order valence-electron chi connectivity index (χ4n) is 2.21. The molecule has 1 heterocycles. The average Bonchev–Trinajstić information content (AvgIpc) is 2.60. The number of hydrogen-bond donors (Lipinski definition) is 2. The van der Waals surface area contributed by atoms with E-state index < -0.39 is 17.2 Å². The normalized spacial score (nSPS) is 11.6. The van der Waals surface area contributed by atoms with Crippen LogP contribution in [0.4, 0.5) is 0 Å². The zero-order valence-corrected chi connectivity index (χ0v) is 14.6. The maximum atomic E-state index is 12.3. The average molecular weight is 353 g/mol. The van der Waals surface area contributed by atoms with Crippen molar-refractivity contribution in [1.82, 2.24) is 4.57 Å². The second kappa shape index (κ2) is 9.65. The third-order valence-corrected chi connectivity index (χ3v) is 3.66. The number of aromatic hydroxyl groups is 1. The van der Waals surface area contributed by atoms with Crippen molar-refractivity contribution < 1.29 is 15.0 Å². The SMILES string of the molecule is [C-]#[N+]\C(=C/C=C/C=C/c1c(C)c(C#N)c(=O)n(CCCC)c1O)C(=O)O. The molecule has 0 radical (unpaired) electrons. The highest BCUT2D eigenvalue weighted by Gasteiger charge is 2.16. The smallest absolute Gasteiger partial charge is 0.333 e. The van der Waals surface area contributed by atoms with Crippen molar-refractivity contribution >= 4 is 12.0 Å². The number of pyridine rings is 1. The molecular weight excluding hydrogens is 334 g/mol. The number of carbonyl (C=O) groups is 1. The molecule has 7 nitrogen and oxygen atoms in total. The van der Waals surface area contributed by atoms with Crippen molar-refractivity contribution in [1.29, 1.82) is 5.26 Å². The van der Waals surface area contributed by atoms with Crippen LogP contribution in [-0.4, -0.2) is 20.7 Å². The Kier molecular flexibility index (Phi) is 7.60. The molecule has 1 aromatic rings. The number of nitriles is 1. The van der Waals surface area contributed by atoms with E-state index in [1.807, 2.05) is 13.0 Å². The zero-order chi connectivity index (χ0) is 19.7. The molecule has 0 fully saturated rings. The van der Waals surface area contributed by atoms with Crippen LogP contribution in [0.3, 0.4) is 0 Å². The predicted octanol–water partition coefficient (Wildman–Crippen LogP) is 2.99. The van der Waals surface area contributed by atoms with Gasteiger partial charge in [0.2, 0.25) is 5.88 Å². The lowest BCUT2D eigenvalue weighted by molar-refractivity contribution is -0.132. The van der Waals surface area contributed by atoms with E-state index in [2.05, 4.69) is 4.85 Å². The van der Waals surface area contributed by atoms with Gasteiger partial charge in [-0.25, -0.2) is 4.85 Å². The zero-order valence-electron chi connectivity index (χ0n) is 14.6. The molecule has 1 rings (SSSR count). The minimum absolute atomic E-state index is 0.0244. The van der Waals surface area contributed by atoms with Crippen LogP contribution < -0.4 is 5.56 Å². The molecule has 0 amide bonds. The van der Waals surface area contributed by atoms with Gasteiger partial charge in [-0.1, -0.05) is 31.6 Å². The number of carboxylic acid groups (broad SMARTS) is 1. The largest absolute Gasteiger partial charge is 0.494 e. The van der Waals surface area contributed by atoms with Gasteiger partial charge in [0.1, 0.15) is 11.6 Å². The van der Waals surface area contributed by atoms with E-state index in [-0.39, 0.29) is 11.4 Å². The van der Waals surface area contributed by atoms with E-state index in [1.54, 1.807) is 6.92 Å². The molecule has 7 heteroatoms. The Balaban J connectivity index is 3.28. The summed E-state index contributed by atoms with van der Waals surface area (Å²) in [5.74, 6) is -1.53. The predicted molar refractivity (Wildman–Crippen MR) is 97.2 cm³/mol. The Morgan fingerprint density at radius 3 is 2.62 bits per heavy atom. The van der Waals surface area contributed by atoms with Crippen molar-refractivity contribution in [2.75, 3.05) is 0 Å². The van der Waals surface area contributed by atoms with Gasteiger partial charge in [0.05, 0.1) is 6.57 Å². The van der Waals surface area contributed by atoms with Crippen molar-refractivity contribution in [3.8, 4) is 11.9 Å². The molecule has 0 saturated heterocycles. The van der Waals surface area contributed by atoms with Crippen LogP contribution in [0.2, 0.25) is 0 Å². The summed E-state index contributed by atoms with van der Waals surface area (Å²) in [5, 5.41) is 28.4. The van der Waals surface area contributed by atoms with E-state index in [1.165, 1.54) is 28.9 Å². The van der Waals surface area contributed by atoms with Crippen LogP contribution in [0.1, 0.15) is 36.5 Å². The lowest BCUT2D eigenvalue weighted by Gasteiger charge is -2.13. The minimum Gasteiger partial charge on any atom is -0.494 e. The van der Waals surface area contributed by atoms with Crippen LogP contribution in [0, 0.1) is 24.8 Å². The summed E-state index contributed by atoms with van der Waals surface area (Å²) in [5.41, 5.74) is -0.253. The second-order valence-corrected chi connectivity index (χ2v) is 5.37. The molecule has 2 N–H and O–H groups in total. The molecule has 0 unspecified atom stereocenters. The molecular formula is C19H19N3O4. The molecule has 26 heavy (non-hydrogen) atoms. The fraction of sp³-hybridized carbons (Fsp3) is 0.263. The summed E-state index contributed by atoms with van der Waals surface area (Å²) in [6, 6.07) is 1.88. The third-order valence-electron chi connectivity index (χ3n) is 3.66. The van der Waals surface area contributed by atoms with Gasteiger partial charge in [-0.3, -0.25) is 14.2 Å². The summed E-state index contributed by atoms with van der Waals surface area (Å²) in [6.45, 7) is 10.6. The van der Waals surface area contributed by atoms with Gasteiger partial charge >= 0.3 is 5.97 Å². The molecule has 0 atom stereocenters. The number of allylic oxidation sites excluding steroid dienone is 4. The number of carboxylic acids is 1. The maximum absolute atomic E-state index is 12.3. The van der Waals surface area contributed by atoms with Gasteiger partial charge in [0.25, 0.3) is 11.3 Å². The Morgan fingerprint density at radius 1 is 1.38 bits per heavy atom. The van der Waals surface area contributed by atoms with Crippen LogP contribution in [0.5, 0.6) is 5.88 Å². The summed E-state index contributed by atoms with van der Waals surface area (Å²) in [4.78, 5) is 25.9. The molecule has 0 aromatic carbocycles. The number of aliphatic carboxylic acids is 1. The van der Waals surface area contributed by atoms with Crippen molar-refractivity contribution in [3.05, 3.63) is 68.5 Å². The van der Waals surface area contributed by atoms with Crippen LogP contribution >= 0.6 is 0 Å². The number of aromatic nitrogens is 1. The molecule has 0 bridgehead atoms. The Bertz CT molecular complexity index is 922. The van der Waals surface area contributed by atoms with Crippen LogP contribution in [0.15, 0.2) is 34.8 Å².